The minimum absolute atomic E-state index is 0.168. The van der Waals surface area contributed by atoms with Gasteiger partial charge in [0.15, 0.2) is 23.0 Å². The normalized spacial score (nSPS) is 11.3. The molecular formula is C12H9NO5. The van der Waals surface area contributed by atoms with Gasteiger partial charge in [-0.2, -0.15) is 0 Å². The van der Waals surface area contributed by atoms with Crippen molar-refractivity contribution in [1.82, 2.24) is 4.98 Å². The molecule has 92 valence electrons. The van der Waals surface area contributed by atoms with Crippen LogP contribution in [0, 0.1) is 0 Å². The number of fused-ring (bicyclic) bond motifs is 3. The Hall–Kier alpha value is -2.76. The average Bonchev–Trinajstić information content (AvgIpc) is 2.72. The van der Waals surface area contributed by atoms with Crippen LogP contribution in [0.2, 0.25) is 0 Å². The molecule has 1 heterocycles. The van der Waals surface area contributed by atoms with E-state index in [2.05, 4.69) is 4.98 Å². The van der Waals surface area contributed by atoms with E-state index >= 15 is 0 Å². The predicted octanol–water partition coefficient (Wildman–Crippen LogP) is 1.85. The van der Waals surface area contributed by atoms with Crippen LogP contribution in [0.3, 0.4) is 0 Å². The lowest BCUT2D eigenvalue weighted by molar-refractivity contribution is 0.402. The summed E-state index contributed by atoms with van der Waals surface area (Å²) in [5, 5.41) is 48.6. The van der Waals surface area contributed by atoms with Gasteiger partial charge in [-0.3, -0.25) is 0 Å². The van der Waals surface area contributed by atoms with Crippen molar-refractivity contribution >= 4 is 21.8 Å². The Kier molecular flexibility index (Phi) is 1.81. The number of H-pyrrole nitrogens is 1. The molecule has 0 spiro atoms. The first-order valence-corrected chi connectivity index (χ1v) is 5.11. The summed E-state index contributed by atoms with van der Waals surface area (Å²) in [6.07, 6.45) is 0. The molecule has 0 bridgehead atoms. The zero-order chi connectivity index (χ0) is 13.0. The average molecular weight is 247 g/mol. The summed E-state index contributed by atoms with van der Waals surface area (Å²) < 4.78 is 0. The van der Waals surface area contributed by atoms with Crippen molar-refractivity contribution in [2.75, 3.05) is 0 Å². The van der Waals surface area contributed by atoms with Crippen molar-refractivity contribution in [3.05, 3.63) is 18.2 Å². The Morgan fingerprint density at radius 1 is 0.722 bits per heavy atom. The first-order valence-electron chi connectivity index (χ1n) is 5.11. The summed E-state index contributed by atoms with van der Waals surface area (Å²) in [5.74, 6) is -1.85. The maximum Gasteiger partial charge on any atom is 0.182 e. The van der Waals surface area contributed by atoms with E-state index in [1.807, 2.05) is 0 Å². The molecular weight excluding hydrogens is 238 g/mol. The number of aromatic amines is 1. The Morgan fingerprint density at radius 2 is 1.44 bits per heavy atom. The monoisotopic (exact) mass is 247 g/mol. The van der Waals surface area contributed by atoms with E-state index in [9.17, 15) is 25.5 Å². The molecule has 0 fully saturated rings. The highest BCUT2D eigenvalue weighted by molar-refractivity contribution is 6.14. The quantitative estimate of drug-likeness (QED) is 0.268. The minimum Gasteiger partial charge on any atom is -0.506 e. The number of hydrogen-bond acceptors (Lipinski definition) is 5. The minimum atomic E-state index is -0.464. The van der Waals surface area contributed by atoms with Crippen LogP contribution < -0.4 is 0 Å². The number of aromatic hydroxyl groups is 5. The molecule has 0 aliphatic carbocycles. The highest BCUT2D eigenvalue weighted by atomic mass is 16.3. The third-order valence-electron chi connectivity index (χ3n) is 2.93. The Bertz CT molecular complexity index is 790. The molecule has 18 heavy (non-hydrogen) atoms. The van der Waals surface area contributed by atoms with Gasteiger partial charge >= 0.3 is 0 Å². The number of rotatable bonds is 0. The SMILES string of the molecule is Oc1ccc2c([nH]c3c(O)cc(O)c(O)c32)c1O. The molecule has 0 atom stereocenters. The highest BCUT2D eigenvalue weighted by Crippen LogP contribution is 2.46. The van der Waals surface area contributed by atoms with E-state index in [0.29, 0.717) is 5.39 Å². The predicted molar refractivity (Wildman–Crippen MR) is 64.1 cm³/mol. The number of phenolic OH excluding ortho intramolecular Hbond substituents is 5. The molecule has 1 aromatic heterocycles. The number of nitrogens with one attached hydrogen (secondary N) is 1. The topological polar surface area (TPSA) is 117 Å². The molecule has 0 saturated heterocycles. The van der Waals surface area contributed by atoms with Crippen molar-refractivity contribution in [2.45, 2.75) is 0 Å². The van der Waals surface area contributed by atoms with Crippen LogP contribution in [0.15, 0.2) is 18.2 Å². The van der Waals surface area contributed by atoms with Gasteiger partial charge in [0.2, 0.25) is 0 Å². The first-order chi connectivity index (χ1) is 8.50. The third-order valence-corrected chi connectivity index (χ3v) is 2.93. The van der Waals surface area contributed by atoms with Crippen LogP contribution in [0.1, 0.15) is 0 Å². The molecule has 6 heteroatoms. The van der Waals surface area contributed by atoms with Crippen LogP contribution in [0.4, 0.5) is 0 Å². The maximum absolute atomic E-state index is 9.80. The summed E-state index contributed by atoms with van der Waals surface area (Å²) in [5.41, 5.74) is 0.336. The molecule has 3 aromatic rings. The van der Waals surface area contributed by atoms with Gasteiger partial charge in [-0.15, -0.1) is 0 Å². The largest absolute Gasteiger partial charge is 0.506 e. The number of aromatic nitrogens is 1. The maximum atomic E-state index is 9.80. The molecule has 0 amide bonds. The van der Waals surface area contributed by atoms with Crippen molar-refractivity contribution < 1.29 is 25.5 Å². The van der Waals surface area contributed by atoms with Gasteiger partial charge in [0.25, 0.3) is 0 Å². The molecule has 0 aliphatic rings. The lowest BCUT2D eigenvalue weighted by Crippen LogP contribution is -1.74. The zero-order valence-corrected chi connectivity index (χ0v) is 8.97. The summed E-state index contributed by atoms with van der Waals surface area (Å²) in [4.78, 5) is 2.69. The second-order valence-corrected chi connectivity index (χ2v) is 3.99. The van der Waals surface area contributed by atoms with Gasteiger partial charge in [0.1, 0.15) is 5.75 Å². The molecule has 0 unspecified atom stereocenters. The first kappa shape index (κ1) is 10.4. The van der Waals surface area contributed by atoms with Crippen molar-refractivity contribution in [1.29, 1.82) is 0 Å². The molecule has 0 radical (unpaired) electrons. The second kappa shape index (κ2) is 3.13. The fourth-order valence-corrected chi connectivity index (χ4v) is 2.07. The van der Waals surface area contributed by atoms with Gasteiger partial charge in [-0.25, -0.2) is 0 Å². The van der Waals surface area contributed by atoms with E-state index in [0.717, 1.165) is 6.07 Å². The lowest BCUT2D eigenvalue weighted by Gasteiger charge is -2.01. The van der Waals surface area contributed by atoms with Gasteiger partial charge in [-0.1, -0.05) is 0 Å². The van der Waals surface area contributed by atoms with Crippen LogP contribution >= 0.6 is 0 Å². The van der Waals surface area contributed by atoms with Crippen molar-refractivity contribution in [3.8, 4) is 28.7 Å². The van der Waals surface area contributed by atoms with Crippen molar-refractivity contribution in [3.63, 3.8) is 0 Å². The fraction of sp³-hybridized carbons (Fsp3) is 0. The Labute approximate surface area is 100.0 Å². The number of benzene rings is 2. The molecule has 0 aliphatic heterocycles. The van der Waals surface area contributed by atoms with Crippen molar-refractivity contribution in [2.24, 2.45) is 0 Å². The van der Waals surface area contributed by atoms with E-state index in [1.165, 1.54) is 12.1 Å². The highest BCUT2D eigenvalue weighted by Gasteiger charge is 2.18. The summed E-state index contributed by atoms with van der Waals surface area (Å²) in [6, 6.07) is 3.71. The third kappa shape index (κ3) is 1.11. The Morgan fingerprint density at radius 3 is 2.17 bits per heavy atom. The van der Waals surface area contributed by atoms with Gasteiger partial charge in [0, 0.05) is 11.5 Å². The summed E-state index contributed by atoms with van der Waals surface area (Å²) in [7, 11) is 0. The number of phenols is 5. The fourth-order valence-electron chi connectivity index (χ4n) is 2.07. The van der Waals surface area contributed by atoms with Crippen LogP contribution in [0.5, 0.6) is 28.7 Å². The Balaban J connectivity index is 2.64. The van der Waals surface area contributed by atoms with E-state index in [1.54, 1.807) is 0 Å². The number of hydrogen-bond donors (Lipinski definition) is 6. The van der Waals surface area contributed by atoms with E-state index in [-0.39, 0.29) is 33.7 Å². The molecule has 3 rings (SSSR count). The van der Waals surface area contributed by atoms with Gasteiger partial charge in [-0.05, 0) is 12.1 Å². The van der Waals surface area contributed by atoms with Crippen LogP contribution in [0.25, 0.3) is 21.8 Å². The lowest BCUT2D eigenvalue weighted by atomic mass is 10.1. The van der Waals surface area contributed by atoms with Gasteiger partial charge < -0.3 is 30.5 Å². The van der Waals surface area contributed by atoms with Gasteiger partial charge in [0.05, 0.1) is 16.4 Å². The van der Waals surface area contributed by atoms with E-state index in [4.69, 9.17) is 0 Å². The summed E-state index contributed by atoms with van der Waals surface area (Å²) in [6.45, 7) is 0. The standard InChI is InChI=1S/C12H9NO5/c14-5-2-1-4-8-10(13-9(4)12(5)18)6(15)3-7(16)11(8)17/h1-3,13-18H. The van der Waals surface area contributed by atoms with E-state index < -0.39 is 11.5 Å². The molecule has 6 nitrogen and oxygen atoms in total. The molecule has 2 aromatic carbocycles. The van der Waals surface area contributed by atoms with Crippen LogP contribution in [-0.4, -0.2) is 30.5 Å². The summed E-state index contributed by atoms with van der Waals surface area (Å²) >= 11 is 0. The molecule has 6 N–H and O–H groups in total. The molecule has 0 saturated carbocycles. The smallest absolute Gasteiger partial charge is 0.182 e. The second-order valence-electron chi connectivity index (χ2n) is 3.99. The zero-order valence-electron chi connectivity index (χ0n) is 8.97. The van der Waals surface area contributed by atoms with Crippen LogP contribution in [-0.2, 0) is 0 Å².